The Bertz CT molecular complexity index is 294. The number of likely N-dealkylation sites (tertiary alicyclic amines) is 1. The minimum absolute atomic E-state index is 0.183. The molecule has 2 fully saturated rings. The molecule has 0 aromatic rings. The Hall–Kier alpha value is -0.610. The van der Waals surface area contributed by atoms with E-state index in [2.05, 4.69) is 4.90 Å². The van der Waals surface area contributed by atoms with E-state index in [9.17, 15) is 15.0 Å². The molecule has 2 rings (SSSR count). The smallest absolute Gasteiger partial charge is 0.310 e. The fraction of sp³-hybridized carbons (Fsp3) is 0.923. The van der Waals surface area contributed by atoms with Gasteiger partial charge in [-0.2, -0.15) is 0 Å². The fourth-order valence-electron chi connectivity index (χ4n) is 3.25. The van der Waals surface area contributed by atoms with Crippen molar-refractivity contribution in [2.45, 2.75) is 57.6 Å². The van der Waals surface area contributed by atoms with Crippen LogP contribution in [-0.2, 0) is 4.79 Å². The molecule has 4 heteroatoms. The standard InChI is InChI=1S/C13H23NO3/c1-13(12(16)17)7-4-8-14(9-13)10-5-2-3-6-11(10)15/h10-11,15H,2-9H2,1H3,(H,16,17). The lowest BCUT2D eigenvalue weighted by atomic mass is 9.80. The number of nitrogens with zero attached hydrogens (tertiary/aromatic N) is 1. The molecule has 0 spiro atoms. The SMILES string of the molecule is CC1(C(=O)O)CCCN(C2CCCCC2O)C1. The third-order valence-corrected chi connectivity index (χ3v) is 4.41. The quantitative estimate of drug-likeness (QED) is 0.768. The number of aliphatic hydroxyl groups is 1. The highest BCUT2D eigenvalue weighted by atomic mass is 16.4. The number of aliphatic carboxylic acids is 1. The van der Waals surface area contributed by atoms with Crippen molar-refractivity contribution in [2.75, 3.05) is 13.1 Å². The van der Waals surface area contributed by atoms with Crippen LogP contribution in [0.25, 0.3) is 0 Å². The summed E-state index contributed by atoms with van der Waals surface area (Å²) in [4.78, 5) is 13.5. The second-order valence-electron chi connectivity index (χ2n) is 5.86. The van der Waals surface area contributed by atoms with Gasteiger partial charge in [-0.05, 0) is 39.2 Å². The zero-order valence-electron chi connectivity index (χ0n) is 10.6. The van der Waals surface area contributed by atoms with E-state index in [0.29, 0.717) is 6.54 Å². The lowest BCUT2D eigenvalue weighted by Crippen LogP contribution is -2.54. The van der Waals surface area contributed by atoms with Crippen LogP contribution in [0.5, 0.6) is 0 Å². The molecule has 0 aromatic heterocycles. The van der Waals surface area contributed by atoms with Gasteiger partial charge >= 0.3 is 5.97 Å². The molecule has 3 atom stereocenters. The number of hydrogen-bond acceptors (Lipinski definition) is 3. The summed E-state index contributed by atoms with van der Waals surface area (Å²) < 4.78 is 0. The molecule has 0 aromatic carbocycles. The molecular weight excluding hydrogens is 218 g/mol. The monoisotopic (exact) mass is 241 g/mol. The van der Waals surface area contributed by atoms with Crippen LogP contribution in [0.2, 0.25) is 0 Å². The number of aliphatic hydroxyl groups excluding tert-OH is 1. The van der Waals surface area contributed by atoms with Crippen molar-refractivity contribution in [3.63, 3.8) is 0 Å². The molecule has 4 nitrogen and oxygen atoms in total. The maximum Gasteiger partial charge on any atom is 0.310 e. The van der Waals surface area contributed by atoms with Crippen LogP contribution in [-0.4, -0.2) is 46.3 Å². The van der Waals surface area contributed by atoms with Gasteiger partial charge < -0.3 is 10.2 Å². The second-order valence-corrected chi connectivity index (χ2v) is 5.86. The summed E-state index contributed by atoms with van der Waals surface area (Å²) in [5.74, 6) is -0.701. The summed E-state index contributed by atoms with van der Waals surface area (Å²) in [7, 11) is 0. The summed E-state index contributed by atoms with van der Waals surface area (Å²) in [5.41, 5.74) is -0.630. The minimum Gasteiger partial charge on any atom is -0.481 e. The van der Waals surface area contributed by atoms with Gasteiger partial charge in [0.15, 0.2) is 0 Å². The van der Waals surface area contributed by atoms with Crippen LogP contribution < -0.4 is 0 Å². The number of carbonyl (C=O) groups is 1. The van der Waals surface area contributed by atoms with Crippen molar-refractivity contribution in [1.29, 1.82) is 0 Å². The van der Waals surface area contributed by atoms with E-state index in [4.69, 9.17) is 0 Å². The predicted octanol–water partition coefficient (Wildman–Crippen LogP) is 1.48. The summed E-state index contributed by atoms with van der Waals surface area (Å²) >= 11 is 0. The highest BCUT2D eigenvalue weighted by Gasteiger charge is 2.41. The number of carboxylic acids is 1. The molecule has 1 saturated heterocycles. The highest BCUT2D eigenvalue weighted by molar-refractivity contribution is 5.74. The molecule has 0 bridgehead atoms. The second kappa shape index (κ2) is 4.94. The molecule has 1 aliphatic heterocycles. The van der Waals surface area contributed by atoms with Crippen LogP contribution in [0, 0.1) is 5.41 Å². The van der Waals surface area contributed by atoms with Gasteiger partial charge in [-0.1, -0.05) is 12.8 Å². The van der Waals surface area contributed by atoms with Gasteiger partial charge in [-0.25, -0.2) is 0 Å². The van der Waals surface area contributed by atoms with E-state index < -0.39 is 11.4 Å². The van der Waals surface area contributed by atoms with Crippen LogP contribution in [0.15, 0.2) is 0 Å². The van der Waals surface area contributed by atoms with Gasteiger partial charge in [-0.15, -0.1) is 0 Å². The Morgan fingerprint density at radius 3 is 2.65 bits per heavy atom. The Morgan fingerprint density at radius 1 is 1.29 bits per heavy atom. The molecule has 1 aliphatic carbocycles. The van der Waals surface area contributed by atoms with Crippen LogP contribution >= 0.6 is 0 Å². The number of hydrogen-bond donors (Lipinski definition) is 2. The molecule has 0 radical (unpaired) electrons. The number of rotatable bonds is 2. The molecular formula is C13H23NO3. The highest BCUT2D eigenvalue weighted by Crippen LogP contribution is 2.33. The first-order valence-corrected chi connectivity index (χ1v) is 6.68. The van der Waals surface area contributed by atoms with E-state index in [1.807, 2.05) is 6.92 Å². The summed E-state index contributed by atoms with van der Waals surface area (Å²) in [6.07, 6.45) is 5.54. The maximum absolute atomic E-state index is 11.3. The average Bonchev–Trinajstić information content (AvgIpc) is 2.29. The molecule has 3 unspecified atom stereocenters. The normalized spacial score (nSPS) is 40.1. The van der Waals surface area contributed by atoms with Crippen LogP contribution in [0.4, 0.5) is 0 Å². The van der Waals surface area contributed by atoms with E-state index >= 15 is 0 Å². The van der Waals surface area contributed by atoms with E-state index in [1.165, 1.54) is 0 Å². The fourth-order valence-corrected chi connectivity index (χ4v) is 3.25. The first-order chi connectivity index (χ1) is 8.03. The van der Waals surface area contributed by atoms with Gasteiger partial charge in [0.1, 0.15) is 0 Å². The van der Waals surface area contributed by atoms with Crippen molar-refractivity contribution in [3.05, 3.63) is 0 Å². The molecule has 17 heavy (non-hydrogen) atoms. The third-order valence-electron chi connectivity index (χ3n) is 4.41. The van der Waals surface area contributed by atoms with Crippen LogP contribution in [0.1, 0.15) is 45.4 Å². The number of carboxylic acid groups (broad SMARTS) is 1. The summed E-state index contributed by atoms with van der Waals surface area (Å²) in [6, 6.07) is 0.183. The van der Waals surface area contributed by atoms with Gasteiger partial charge in [0.05, 0.1) is 11.5 Å². The molecule has 98 valence electrons. The zero-order valence-corrected chi connectivity index (χ0v) is 10.6. The summed E-state index contributed by atoms with van der Waals surface area (Å²) in [5, 5.41) is 19.3. The Labute approximate surface area is 103 Å². The Morgan fingerprint density at radius 2 is 2.00 bits per heavy atom. The third kappa shape index (κ3) is 2.63. The molecule has 0 amide bonds. The van der Waals surface area contributed by atoms with Crippen molar-refractivity contribution in [2.24, 2.45) is 5.41 Å². The van der Waals surface area contributed by atoms with E-state index in [-0.39, 0.29) is 12.1 Å². The predicted molar refractivity (Wildman–Crippen MR) is 64.8 cm³/mol. The average molecular weight is 241 g/mol. The Kier molecular flexibility index (Phi) is 3.73. The maximum atomic E-state index is 11.3. The lowest BCUT2D eigenvalue weighted by molar-refractivity contribution is -0.152. The first kappa shape index (κ1) is 12.8. The zero-order chi connectivity index (χ0) is 12.5. The van der Waals surface area contributed by atoms with Crippen LogP contribution in [0.3, 0.4) is 0 Å². The van der Waals surface area contributed by atoms with Gasteiger partial charge in [0.25, 0.3) is 0 Å². The molecule has 2 aliphatic rings. The molecule has 1 heterocycles. The van der Waals surface area contributed by atoms with Crippen molar-refractivity contribution >= 4 is 5.97 Å². The van der Waals surface area contributed by atoms with Gasteiger partial charge in [0, 0.05) is 12.6 Å². The molecule has 2 N–H and O–H groups in total. The summed E-state index contributed by atoms with van der Waals surface area (Å²) in [6.45, 7) is 3.35. The van der Waals surface area contributed by atoms with Gasteiger partial charge in [0.2, 0.25) is 0 Å². The minimum atomic E-state index is -0.701. The van der Waals surface area contributed by atoms with E-state index in [0.717, 1.165) is 45.1 Å². The number of piperidine rings is 1. The Balaban J connectivity index is 2.03. The van der Waals surface area contributed by atoms with E-state index in [1.54, 1.807) is 0 Å². The largest absolute Gasteiger partial charge is 0.481 e. The van der Waals surface area contributed by atoms with Crippen molar-refractivity contribution in [3.8, 4) is 0 Å². The van der Waals surface area contributed by atoms with Crippen molar-refractivity contribution < 1.29 is 15.0 Å². The molecule has 1 saturated carbocycles. The lowest BCUT2D eigenvalue weighted by Gasteiger charge is -2.44. The van der Waals surface area contributed by atoms with Crippen molar-refractivity contribution in [1.82, 2.24) is 4.90 Å². The van der Waals surface area contributed by atoms with Gasteiger partial charge in [-0.3, -0.25) is 9.69 Å². The first-order valence-electron chi connectivity index (χ1n) is 6.68. The topological polar surface area (TPSA) is 60.8 Å².